The quantitative estimate of drug-likeness (QED) is 0.577. The van der Waals surface area contributed by atoms with Crippen molar-refractivity contribution >= 4 is 11.9 Å². The third-order valence-electron chi connectivity index (χ3n) is 5.29. The van der Waals surface area contributed by atoms with Crippen LogP contribution in [0.4, 0.5) is 0 Å². The Bertz CT molecular complexity index is 911. The summed E-state index contributed by atoms with van der Waals surface area (Å²) in [4.78, 5) is 25.4. The predicted molar refractivity (Wildman–Crippen MR) is 115 cm³/mol. The molecule has 2 aromatic rings. The number of aryl methyl sites for hydroxylation is 3. The average Bonchev–Trinajstić information content (AvgIpc) is 3.09. The fraction of sp³-hybridized carbons (Fsp3) is 0.360. The summed E-state index contributed by atoms with van der Waals surface area (Å²) in [5, 5.41) is 3.07. The highest BCUT2D eigenvalue weighted by atomic mass is 16.5. The van der Waals surface area contributed by atoms with Crippen molar-refractivity contribution in [3.63, 3.8) is 0 Å². The lowest BCUT2D eigenvalue weighted by Gasteiger charge is -2.23. The maximum atomic E-state index is 12.8. The fourth-order valence-corrected chi connectivity index (χ4v) is 4.10. The number of amides is 1. The molecule has 3 rings (SSSR count). The maximum Gasteiger partial charge on any atom is 0.314 e. The zero-order valence-electron chi connectivity index (χ0n) is 17.6. The van der Waals surface area contributed by atoms with Gasteiger partial charge in [0.1, 0.15) is 0 Å². The molecule has 1 N–H and O–H groups in total. The van der Waals surface area contributed by atoms with E-state index in [1.807, 2.05) is 64.1 Å². The molecule has 0 radical (unpaired) electrons. The standard InChI is InChI=1S/C25H29NO3/c1-5-29-25(28)23(21-13-17(3)11-18(4)14-21)19-9-10-22(15-19)26-24(27)20-8-6-7-16(2)12-20/h6-14,19,22-23H,5,15H2,1-4H3,(H,26,27)/t19-,22-,23+/m1/s1. The molecule has 0 aliphatic heterocycles. The summed E-state index contributed by atoms with van der Waals surface area (Å²) in [6, 6.07) is 13.7. The zero-order valence-corrected chi connectivity index (χ0v) is 17.6. The van der Waals surface area contributed by atoms with Crippen LogP contribution in [0.1, 0.15) is 51.9 Å². The molecule has 29 heavy (non-hydrogen) atoms. The van der Waals surface area contributed by atoms with Crippen LogP contribution >= 0.6 is 0 Å². The van der Waals surface area contributed by atoms with Crippen molar-refractivity contribution < 1.29 is 14.3 Å². The van der Waals surface area contributed by atoms with Gasteiger partial charge in [-0.3, -0.25) is 9.59 Å². The summed E-state index contributed by atoms with van der Waals surface area (Å²) in [7, 11) is 0. The zero-order chi connectivity index (χ0) is 21.0. The van der Waals surface area contributed by atoms with E-state index in [1.54, 1.807) is 0 Å². The first kappa shape index (κ1) is 20.8. The second-order valence-corrected chi connectivity index (χ2v) is 7.88. The summed E-state index contributed by atoms with van der Waals surface area (Å²) >= 11 is 0. The van der Waals surface area contributed by atoms with Crippen molar-refractivity contribution in [1.29, 1.82) is 0 Å². The molecule has 0 spiro atoms. The summed E-state index contributed by atoms with van der Waals surface area (Å²) in [5.41, 5.74) is 4.93. The Hall–Kier alpha value is -2.88. The minimum atomic E-state index is -0.370. The van der Waals surface area contributed by atoms with Crippen molar-refractivity contribution in [2.24, 2.45) is 5.92 Å². The highest BCUT2D eigenvalue weighted by molar-refractivity contribution is 5.94. The third kappa shape index (κ3) is 5.14. The molecule has 2 aromatic carbocycles. The van der Waals surface area contributed by atoms with Crippen molar-refractivity contribution in [2.45, 2.75) is 46.1 Å². The molecule has 0 saturated heterocycles. The maximum absolute atomic E-state index is 12.8. The summed E-state index contributed by atoms with van der Waals surface area (Å²) in [6.07, 6.45) is 4.71. The lowest BCUT2D eigenvalue weighted by Crippen LogP contribution is -2.34. The lowest BCUT2D eigenvalue weighted by atomic mass is 9.84. The summed E-state index contributed by atoms with van der Waals surface area (Å²) in [6.45, 7) is 8.22. The number of esters is 1. The van der Waals surface area contributed by atoms with Gasteiger partial charge < -0.3 is 10.1 Å². The van der Waals surface area contributed by atoms with Gasteiger partial charge in [0.25, 0.3) is 5.91 Å². The number of hydrogen-bond acceptors (Lipinski definition) is 3. The van der Waals surface area contributed by atoms with E-state index in [0.29, 0.717) is 18.6 Å². The molecule has 0 fully saturated rings. The third-order valence-corrected chi connectivity index (χ3v) is 5.29. The normalized spacial score (nSPS) is 19.0. The minimum absolute atomic E-state index is 0.0157. The average molecular weight is 392 g/mol. The molecule has 4 nitrogen and oxygen atoms in total. The molecule has 1 aliphatic carbocycles. The second-order valence-electron chi connectivity index (χ2n) is 7.88. The number of benzene rings is 2. The first-order chi connectivity index (χ1) is 13.9. The van der Waals surface area contributed by atoms with E-state index < -0.39 is 0 Å². The number of rotatable bonds is 6. The number of allylic oxidation sites excluding steroid dienone is 1. The van der Waals surface area contributed by atoms with Crippen LogP contribution in [0, 0.1) is 26.7 Å². The molecule has 1 amide bonds. The summed E-state index contributed by atoms with van der Waals surface area (Å²) in [5.74, 6) is -0.690. The first-order valence-corrected chi connectivity index (χ1v) is 10.2. The Labute approximate surface area is 173 Å². The van der Waals surface area contributed by atoms with Crippen molar-refractivity contribution in [2.75, 3.05) is 6.61 Å². The van der Waals surface area contributed by atoms with E-state index in [1.165, 1.54) is 0 Å². The van der Waals surface area contributed by atoms with Gasteiger partial charge in [-0.15, -0.1) is 0 Å². The topological polar surface area (TPSA) is 55.4 Å². The molecule has 3 atom stereocenters. The molecule has 0 unspecified atom stereocenters. The number of carbonyl (C=O) groups excluding carboxylic acids is 2. The number of carbonyl (C=O) groups is 2. The monoisotopic (exact) mass is 391 g/mol. The van der Waals surface area contributed by atoms with Crippen LogP contribution in [0.5, 0.6) is 0 Å². The van der Waals surface area contributed by atoms with Crippen molar-refractivity contribution in [3.05, 3.63) is 82.4 Å². The lowest BCUT2D eigenvalue weighted by molar-refractivity contribution is -0.146. The predicted octanol–water partition coefficient (Wildman–Crippen LogP) is 4.63. The van der Waals surface area contributed by atoms with Gasteiger partial charge in [-0.25, -0.2) is 0 Å². The molecule has 0 heterocycles. The van der Waals surface area contributed by atoms with Crippen LogP contribution in [0.15, 0.2) is 54.6 Å². The van der Waals surface area contributed by atoms with E-state index in [2.05, 4.69) is 23.5 Å². The Balaban J connectivity index is 1.76. The molecular weight excluding hydrogens is 362 g/mol. The van der Waals surface area contributed by atoms with Gasteiger partial charge in [-0.2, -0.15) is 0 Å². The van der Waals surface area contributed by atoms with E-state index in [4.69, 9.17) is 4.74 Å². The second kappa shape index (κ2) is 9.08. The van der Waals surface area contributed by atoms with E-state index in [-0.39, 0.29) is 29.8 Å². The van der Waals surface area contributed by atoms with Crippen LogP contribution in [0.3, 0.4) is 0 Å². The smallest absolute Gasteiger partial charge is 0.314 e. The Morgan fingerprint density at radius 2 is 1.76 bits per heavy atom. The number of ether oxygens (including phenoxy) is 1. The van der Waals surface area contributed by atoms with E-state index in [9.17, 15) is 9.59 Å². The highest BCUT2D eigenvalue weighted by Gasteiger charge is 2.34. The Morgan fingerprint density at radius 3 is 2.41 bits per heavy atom. The van der Waals surface area contributed by atoms with E-state index in [0.717, 1.165) is 22.3 Å². The van der Waals surface area contributed by atoms with E-state index >= 15 is 0 Å². The minimum Gasteiger partial charge on any atom is -0.466 e. The van der Waals surface area contributed by atoms with Gasteiger partial charge in [0.2, 0.25) is 0 Å². The van der Waals surface area contributed by atoms with Gasteiger partial charge >= 0.3 is 5.97 Å². The summed E-state index contributed by atoms with van der Waals surface area (Å²) < 4.78 is 5.39. The Kier molecular flexibility index (Phi) is 6.53. The van der Waals surface area contributed by atoms with Gasteiger partial charge in [0.15, 0.2) is 0 Å². The van der Waals surface area contributed by atoms with Crippen molar-refractivity contribution in [1.82, 2.24) is 5.32 Å². The van der Waals surface area contributed by atoms with Crippen molar-refractivity contribution in [3.8, 4) is 0 Å². The number of hydrogen-bond donors (Lipinski definition) is 1. The molecule has 1 aliphatic rings. The first-order valence-electron chi connectivity index (χ1n) is 10.2. The van der Waals surface area contributed by atoms with Crippen LogP contribution in [0.25, 0.3) is 0 Å². The molecule has 0 saturated carbocycles. The molecule has 0 aromatic heterocycles. The van der Waals surface area contributed by atoms with Crippen LogP contribution < -0.4 is 5.32 Å². The van der Waals surface area contributed by atoms with Gasteiger partial charge in [-0.05, 0) is 57.7 Å². The largest absolute Gasteiger partial charge is 0.466 e. The molecule has 4 heteroatoms. The van der Waals surface area contributed by atoms with Crippen LogP contribution in [-0.2, 0) is 9.53 Å². The molecule has 152 valence electrons. The molecule has 0 bridgehead atoms. The van der Waals surface area contributed by atoms with Crippen LogP contribution in [0.2, 0.25) is 0 Å². The number of nitrogens with one attached hydrogen (secondary N) is 1. The highest BCUT2D eigenvalue weighted by Crippen LogP contribution is 2.35. The van der Waals surface area contributed by atoms with Gasteiger partial charge in [-0.1, -0.05) is 59.2 Å². The SMILES string of the molecule is CCOC(=O)[C@H](c1cc(C)cc(C)c1)[C@@H]1C=C[C@@H](NC(=O)c2cccc(C)c2)C1. The Morgan fingerprint density at radius 1 is 1.03 bits per heavy atom. The molecular formula is C25H29NO3. The van der Waals surface area contributed by atoms with Crippen LogP contribution in [-0.4, -0.2) is 24.5 Å². The fourth-order valence-electron chi connectivity index (χ4n) is 4.10. The van der Waals surface area contributed by atoms with Gasteiger partial charge in [0, 0.05) is 11.6 Å². The van der Waals surface area contributed by atoms with Gasteiger partial charge in [0.05, 0.1) is 12.5 Å².